The van der Waals surface area contributed by atoms with Crippen LogP contribution >= 0.6 is 0 Å². The predicted octanol–water partition coefficient (Wildman–Crippen LogP) is 3.64. The normalized spacial score (nSPS) is 14.2. The molecule has 134 valence electrons. The molecule has 0 atom stereocenters. The van der Waals surface area contributed by atoms with Crippen molar-refractivity contribution in [1.29, 1.82) is 0 Å². The molecule has 0 aliphatic heterocycles. The van der Waals surface area contributed by atoms with Gasteiger partial charge in [-0.3, -0.25) is 4.79 Å². The Bertz CT molecular complexity index is 905. The number of ketones is 1. The van der Waals surface area contributed by atoms with Crippen LogP contribution in [0.1, 0.15) is 11.1 Å². The van der Waals surface area contributed by atoms with Crippen molar-refractivity contribution >= 4 is 28.3 Å². The van der Waals surface area contributed by atoms with E-state index in [0.717, 1.165) is 11.4 Å². The maximum Gasteiger partial charge on any atom is 0.232 e. The van der Waals surface area contributed by atoms with Crippen LogP contribution in [0, 0.1) is 0 Å². The molecule has 2 aromatic carbocycles. The van der Waals surface area contributed by atoms with Gasteiger partial charge in [0, 0.05) is 39.6 Å². The minimum atomic E-state index is -0.563. The molecule has 26 heavy (non-hydrogen) atoms. The number of anilines is 2. The number of Topliss-reactive ketones (excluding diaryl/α,β-unsaturated/α-hetero) is 1. The first-order chi connectivity index (χ1) is 12.3. The van der Waals surface area contributed by atoms with Crippen molar-refractivity contribution in [1.82, 2.24) is 0 Å². The summed E-state index contributed by atoms with van der Waals surface area (Å²) in [6.45, 7) is 0. The first-order valence-electron chi connectivity index (χ1n) is 8.28. The zero-order valence-corrected chi connectivity index (χ0v) is 15.3. The molecule has 0 bridgehead atoms. The van der Waals surface area contributed by atoms with Gasteiger partial charge in [-0.25, -0.2) is 0 Å². The molecule has 0 spiro atoms. The van der Waals surface area contributed by atoms with E-state index >= 15 is 0 Å². The maximum absolute atomic E-state index is 12.5. The lowest BCUT2D eigenvalue weighted by molar-refractivity contribution is -0.112. The molecular formula is C21H22N2O3. The van der Waals surface area contributed by atoms with Crippen LogP contribution in [0.25, 0.3) is 11.1 Å². The second-order valence-corrected chi connectivity index (χ2v) is 6.66. The Labute approximate surface area is 153 Å². The summed E-state index contributed by atoms with van der Waals surface area (Å²) in [6, 6.07) is 14.6. The van der Waals surface area contributed by atoms with Crippen molar-refractivity contribution in [3.8, 4) is 0 Å². The van der Waals surface area contributed by atoms with E-state index in [1.54, 1.807) is 24.3 Å². The van der Waals surface area contributed by atoms with Crippen molar-refractivity contribution in [2.75, 3.05) is 38.0 Å². The van der Waals surface area contributed by atoms with E-state index in [0.29, 0.717) is 11.1 Å². The van der Waals surface area contributed by atoms with Gasteiger partial charge in [0.05, 0.1) is 11.1 Å². The van der Waals surface area contributed by atoms with Gasteiger partial charge in [0.15, 0.2) is 5.76 Å². The minimum absolute atomic E-state index is 0.125. The van der Waals surface area contributed by atoms with Gasteiger partial charge in [-0.15, -0.1) is 0 Å². The predicted molar refractivity (Wildman–Crippen MR) is 106 cm³/mol. The molecule has 5 heteroatoms. The number of benzene rings is 2. The Hall–Kier alpha value is -3.21. The highest BCUT2D eigenvalue weighted by Gasteiger charge is 2.34. The fourth-order valence-corrected chi connectivity index (χ4v) is 2.97. The summed E-state index contributed by atoms with van der Waals surface area (Å²) in [5, 5.41) is 21.0. The van der Waals surface area contributed by atoms with Crippen molar-refractivity contribution in [3.05, 3.63) is 71.2 Å². The summed E-state index contributed by atoms with van der Waals surface area (Å²) in [5.74, 6) is -1.18. The number of carbonyl (C=O) groups is 1. The van der Waals surface area contributed by atoms with Crippen molar-refractivity contribution in [2.24, 2.45) is 0 Å². The lowest BCUT2D eigenvalue weighted by atomic mass is 10.0. The molecule has 0 amide bonds. The Morgan fingerprint density at radius 2 is 1.00 bits per heavy atom. The molecule has 0 unspecified atom stereocenters. The van der Waals surface area contributed by atoms with E-state index in [4.69, 9.17) is 0 Å². The van der Waals surface area contributed by atoms with Crippen LogP contribution in [-0.2, 0) is 4.79 Å². The summed E-state index contributed by atoms with van der Waals surface area (Å²) >= 11 is 0. The summed E-state index contributed by atoms with van der Waals surface area (Å²) < 4.78 is 0. The summed E-state index contributed by atoms with van der Waals surface area (Å²) in [4.78, 5) is 16.4. The van der Waals surface area contributed by atoms with Gasteiger partial charge in [0.1, 0.15) is 5.76 Å². The van der Waals surface area contributed by atoms with Crippen LogP contribution in [-0.4, -0.2) is 44.2 Å². The van der Waals surface area contributed by atoms with Crippen LogP contribution in [0.5, 0.6) is 0 Å². The highest BCUT2D eigenvalue weighted by atomic mass is 16.3. The zero-order chi connectivity index (χ0) is 19.0. The first-order valence-corrected chi connectivity index (χ1v) is 8.28. The van der Waals surface area contributed by atoms with Gasteiger partial charge in [0.2, 0.25) is 5.78 Å². The van der Waals surface area contributed by atoms with E-state index in [1.807, 2.05) is 62.3 Å². The van der Waals surface area contributed by atoms with E-state index in [9.17, 15) is 15.0 Å². The largest absolute Gasteiger partial charge is 0.506 e. The lowest BCUT2D eigenvalue weighted by Gasteiger charge is -2.13. The van der Waals surface area contributed by atoms with Crippen molar-refractivity contribution in [2.45, 2.75) is 0 Å². The molecule has 1 aliphatic rings. The second-order valence-electron chi connectivity index (χ2n) is 6.66. The maximum atomic E-state index is 12.5. The quantitative estimate of drug-likeness (QED) is 0.881. The van der Waals surface area contributed by atoms with Gasteiger partial charge in [-0.2, -0.15) is 0 Å². The number of nitrogens with zero attached hydrogens (tertiary/aromatic N) is 2. The molecule has 0 radical (unpaired) electrons. The van der Waals surface area contributed by atoms with Crippen LogP contribution in [0.15, 0.2) is 60.0 Å². The zero-order valence-electron chi connectivity index (χ0n) is 15.3. The third-order valence-electron chi connectivity index (χ3n) is 4.50. The molecule has 0 heterocycles. The summed E-state index contributed by atoms with van der Waals surface area (Å²) in [5.41, 5.74) is 3.44. The van der Waals surface area contributed by atoms with Crippen molar-refractivity contribution < 1.29 is 15.0 Å². The van der Waals surface area contributed by atoms with Gasteiger partial charge in [0.25, 0.3) is 0 Å². The number of hydrogen-bond donors (Lipinski definition) is 2. The molecule has 2 N–H and O–H groups in total. The van der Waals surface area contributed by atoms with Crippen LogP contribution in [0.2, 0.25) is 0 Å². The Morgan fingerprint density at radius 3 is 1.38 bits per heavy atom. The van der Waals surface area contributed by atoms with E-state index in [2.05, 4.69) is 0 Å². The molecular weight excluding hydrogens is 328 g/mol. The smallest absolute Gasteiger partial charge is 0.232 e. The first kappa shape index (κ1) is 17.6. The third-order valence-corrected chi connectivity index (χ3v) is 4.50. The number of carbonyl (C=O) groups excluding carboxylic acids is 1. The fourth-order valence-electron chi connectivity index (χ4n) is 2.97. The minimum Gasteiger partial charge on any atom is -0.506 e. The Morgan fingerprint density at radius 1 is 0.615 bits per heavy atom. The number of hydrogen-bond acceptors (Lipinski definition) is 5. The topological polar surface area (TPSA) is 64.0 Å². The molecule has 0 aromatic heterocycles. The summed E-state index contributed by atoms with van der Waals surface area (Å²) in [7, 11) is 7.71. The second kappa shape index (κ2) is 6.59. The van der Waals surface area contributed by atoms with Gasteiger partial charge in [-0.1, -0.05) is 24.3 Å². The standard InChI is InChI=1S/C21H22N2O3/c1-22(2)15-9-5-13(6-10-15)17-19(24)18(21(26)20(17)25)14-7-11-16(12-8-14)23(3)4/h5-12,24H,1-4H3,(H,25,26). The highest BCUT2D eigenvalue weighted by molar-refractivity contribution is 6.36. The fraction of sp³-hybridized carbons (Fsp3) is 0.190. The Balaban J connectivity index is 2.02. The van der Waals surface area contributed by atoms with E-state index in [1.165, 1.54) is 0 Å². The van der Waals surface area contributed by atoms with E-state index in [-0.39, 0.29) is 16.9 Å². The number of rotatable bonds is 4. The SMILES string of the molecule is CN(C)c1ccc(C2=C(O)C(c3ccc(N(C)C)cc3)=C(O)C2=O)cc1. The lowest BCUT2D eigenvalue weighted by Crippen LogP contribution is -2.08. The van der Waals surface area contributed by atoms with Gasteiger partial charge in [-0.05, 0) is 35.4 Å². The average Bonchev–Trinajstić information content (AvgIpc) is 2.84. The Kier molecular flexibility index (Phi) is 4.47. The van der Waals surface area contributed by atoms with Gasteiger partial charge < -0.3 is 20.0 Å². The number of aliphatic hydroxyl groups excluding tert-OH is 2. The summed E-state index contributed by atoms with van der Waals surface area (Å²) in [6.07, 6.45) is 0. The van der Waals surface area contributed by atoms with Gasteiger partial charge >= 0.3 is 0 Å². The average molecular weight is 350 g/mol. The molecule has 0 saturated heterocycles. The molecule has 2 aromatic rings. The molecule has 5 nitrogen and oxygen atoms in total. The molecule has 0 fully saturated rings. The third kappa shape index (κ3) is 2.92. The van der Waals surface area contributed by atoms with Crippen LogP contribution < -0.4 is 9.80 Å². The van der Waals surface area contributed by atoms with Crippen molar-refractivity contribution in [3.63, 3.8) is 0 Å². The molecule has 1 aliphatic carbocycles. The van der Waals surface area contributed by atoms with E-state index < -0.39 is 11.5 Å². The number of allylic oxidation sites excluding steroid dienone is 2. The molecule has 0 saturated carbocycles. The highest BCUT2D eigenvalue weighted by Crippen LogP contribution is 2.39. The van der Waals surface area contributed by atoms with Crippen LogP contribution in [0.3, 0.4) is 0 Å². The molecule has 3 rings (SSSR count). The monoisotopic (exact) mass is 350 g/mol. The number of aliphatic hydroxyl groups is 2. The van der Waals surface area contributed by atoms with Crippen LogP contribution in [0.4, 0.5) is 11.4 Å².